The Hall–Kier alpha value is -2.65. The number of thiazole rings is 2. The van der Waals surface area contributed by atoms with Gasteiger partial charge in [0.15, 0.2) is 5.13 Å². The average Bonchev–Trinajstić information content (AvgIpc) is 3.30. The number of aromatic nitrogens is 4. The van der Waals surface area contributed by atoms with Crippen molar-refractivity contribution < 1.29 is 4.79 Å². The fraction of sp³-hybridized carbons (Fsp3) is 0.409. The Kier molecular flexibility index (Phi) is 6.43. The van der Waals surface area contributed by atoms with Gasteiger partial charge in [-0.3, -0.25) is 4.79 Å². The summed E-state index contributed by atoms with van der Waals surface area (Å²) in [5.74, 6) is 1.38. The molecule has 31 heavy (non-hydrogen) atoms. The van der Waals surface area contributed by atoms with Gasteiger partial charge in [0.05, 0.1) is 28.1 Å². The minimum absolute atomic E-state index is 0.00713. The molecule has 4 heterocycles. The van der Waals surface area contributed by atoms with Gasteiger partial charge in [0.1, 0.15) is 11.6 Å². The molecule has 1 amide bonds. The molecule has 3 aromatic heterocycles. The highest BCUT2D eigenvalue weighted by Gasteiger charge is 2.28. The van der Waals surface area contributed by atoms with E-state index in [0.717, 1.165) is 53.0 Å². The van der Waals surface area contributed by atoms with Crippen LogP contribution in [-0.4, -0.2) is 37.3 Å². The van der Waals surface area contributed by atoms with Crippen LogP contribution in [0, 0.1) is 27.7 Å². The highest BCUT2D eigenvalue weighted by Crippen LogP contribution is 2.32. The number of hydrogen-bond acceptors (Lipinski definition) is 8. The SMILES string of the molecule is Cc1nc(Nc2nc(C)c(C)s2)cc([C@@H]2CCCCN2C(=O)/C=C/c2csc(C)n2)n1. The second-order valence-electron chi connectivity index (χ2n) is 7.68. The Morgan fingerprint density at radius 2 is 2.00 bits per heavy atom. The molecule has 1 fully saturated rings. The van der Waals surface area contributed by atoms with Crippen LogP contribution < -0.4 is 5.32 Å². The molecule has 1 atom stereocenters. The van der Waals surface area contributed by atoms with Crippen LogP contribution in [0.3, 0.4) is 0 Å². The molecular weight excluding hydrogens is 428 g/mol. The number of carbonyl (C=O) groups excluding carboxylic acids is 1. The third kappa shape index (κ3) is 5.16. The number of aryl methyl sites for hydroxylation is 4. The maximum atomic E-state index is 13.0. The first-order chi connectivity index (χ1) is 14.9. The van der Waals surface area contributed by atoms with Crippen molar-refractivity contribution in [1.82, 2.24) is 24.8 Å². The zero-order chi connectivity index (χ0) is 22.0. The number of nitrogens with zero attached hydrogens (tertiary/aromatic N) is 5. The summed E-state index contributed by atoms with van der Waals surface area (Å²) in [5.41, 5.74) is 2.71. The molecule has 4 rings (SSSR count). The van der Waals surface area contributed by atoms with Crippen LogP contribution in [0.2, 0.25) is 0 Å². The lowest BCUT2D eigenvalue weighted by Crippen LogP contribution is -2.38. The summed E-state index contributed by atoms with van der Waals surface area (Å²) >= 11 is 3.19. The number of piperidine rings is 1. The second-order valence-corrected chi connectivity index (χ2v) is 9.94. The highest BCUT2D eigenvalue weighted by molar-refractivity contribution is 7.15. The molecule has 7 nitrogen and oxygen atoms in total. The number of likely N-dealkylation sites (tertiary alicyclic amines) is 1. The van der Waals surface area contributed by atoms with E-state index in [0.29, 0.717) is 11.6 Å². The van der Waals surface area contributed by atoms with E-state index in [1.54, 1.807) is 34.8 Å². The molecule has 9 heteroatoms. The average molecular weight is 455 g/mol. The number of hydrogen-bond donors (Lipinski definition) is 1. The molecule has 162 valence electrons. The van der Waals surface area contributed by atoms with Crippen molar-refractivity contribution in [2.75, 3.05) is 11.9 Å². The van der Waals surface area contributed by atoms with Crippen LogP contribution in [0.25, 0.3) is 6.08 Å². The number of amides is 1. The zero-order valence-corrected chi connectivity index (χ0v) is 19.8. The summed E-state index contributed by atoms with van der Waals surface area (Å²) in [4.78, 5) is 34.3. The van der Waals surface area contributed by atoms with Crippen LogP contribution in [0.15, 0.2) is 17.5 Å². The van der Waals surface area contributed by atoms with Crippen LogP contribution in [0.5, 0.6) is 0 Å². The molecule has 0 aromatic carbocycles. The van der Waals surface area contributed by atoms with Gasteiger partial charge in [-0.1, -0.05) is 0 Å². The Bertz CT molecular complexity index is 1100. The number of nitrogens with one attached hydrogen (secondary N) is 1. The third-order valence-corrected chi connectivity index (χ3v) is 7.06. The largest absolute Gasteiger partial charge is 0.331 e. The molecule has 0 unspecified atom stereocenters. The van der Waals surface area contributed by atoms with Crippen molar-refractivity contribution in [3.8, 4) is 0 Å². The molecule has 1 aliphatic heterocycles. The van der Waals surface area contributed by atoms with Crippen molar-refractivity contribution >= 4 is 45.6 Å². The summed E-state index contributed by atoms with van der Waals surface area (Å²) in [5, 5.41) is 7.08. The van der Waals surface area contributed by atoms with Gasteiger partial charge in [-0.2, -0.15) is 0 Å². The monoisotopic (exact) mass is 454 g/mol. The summed E-state index contributed by atoms with van der Waals surface area (Å²) in [6, 6.07) is 1.88. The first kappa shape index (κ1) is 21.6. The molecule has 0 aliphatic carbocycles. The lowest BCUT2D eigenvalue weighted by molar-refractivity contribution is -0.129. The molecule has 1 N–H and O–H groups in total. The smallest absolute Gasteiger partial charge is 0.247 e. The predicted molar refractivity (Wildman–Crippen MR) is 126 cm³/mol. The number of rotatable bonds is 5. The summed E-state index contributed by atoms with van der Waals surface area (Å²) in [6.07, 6.45) is 6.38. The van der Waals surface area contributed by atoms with Gasteiger partial charge in [0.25, 0.3) is 0 Å². The van der Waals surface area contributed by atoms with Crippen molar-refractivity contribution in [2.24, 2.45) is 0 Å². The molecule has 0 bridgehead atoms. The van der Waals surface area contributed by atoms with Crippen LogP contribution >= 0.6 is 22.7 Å². The van der Waals surface area contributed by atoms with Crippen molar-refractivity contribution in [3.05, 3.63) is 50.3 Å². The van der Waals surface area contributed by atoms with Crippen LogP contribution in [-0.2, 0) is 4.79 Å². The molecule has 0 radical (unpaired) electrons. The normalized spacial score (nSPS) is 16.8. The fourth-order valence-corrected chi connectivity index (χ4v) is 5.08. The van der Waals surface area contributed by atoms with E-state index in [-0.39, 0.29) is 11.9 Å². The lowest BCUT2D eigenvalue weighted by Gasteiger charge is -2.35. The molecule has 1 saturated heterocycles. The fourth-order valence-electron chi connectivity index (χ4n) is 3.67. The molecular formula is C22H26N6OS2. The summed E-state index contributed by atoms with van der Waals surface area (Å²) < 4.78 is 0. The Balaban J connectivity index is 1.56. The van der Waals surface area contributed by atoms with E-state index in [1.165, 1.54) is 4.88 Å². The van der Waals surface area contributed by atoms with E-state index in [9.17, 15) is 4.79 Å². The lowest BCUT2D eigenvalue weighted by atomic mass is 9.98. The maximum Gasteiger partial charge on any atom is 0.247 e. The first-order valence-electron chi connectivity index (χ1n) is 10.4. The molecule has 3 aromatic rings. The Labute approximate surface area is 190 Å². The first-order valence-corrected chi connectivity index (χ1v) is 12.1. The standard InChI is InChI=1S/C22H26N6OS2/c1-13-14(2)31-22(23-13)27-20-11-18(24-15(3)25-20)19-7-5-6-10-28(19)21(29)9-8-17-12-30-16(4)26-17/h8-9,11-12,19H,5-7,10H2,1-4H3,(H,23,24,25,27)/b9-8+/t19-/m0/s1. The molecule has 0 saturated carbocycles. The third-order valence-electron chi connectivity index (χ3n) is 5.28. The topological polar surface area (TPSA) is 83.9 Å². The van der Waals surface area contributed by atoms with E-state index >= 15 is 0 Å². The van der Waals surface area contributed by atoms with E-state index in [2.05, 4.69) is 32.2 Å². The van der Waals surface area contributed by atoms with Crippen LogP contribution in [0.4, 0.5) is 10.9 Å². The predicted octanol–water partition coefficient (Wildman–Crippen LogP) is 5.13. The van der Waals surface area contributed by atoms with Crippen molar-refractivity contribution in [2.45, 2.75) is 53.0 Å². The van der Waals surface area contributed by atoms with Crippen LogP contribution in [0.1, 0.15) is 58.1 Å². The molecule has 0 spiro atoms. The van der Waals surface area contributed by atoms with Gasteiger partial charge < -0.3 is 10.2 Å². The highest BCUT2D eigenvalue weighted by atomic mass is 32.1. The van der Waals surface area contributed by atoms with E-state index < -0.39 is 0 Å². The van der Waals surface area contributed by atoms with Crippen molar-refractivity contribution in [3.63, 3.8) is 0 Å². The minimum atomic E-state index is -0.0647. The second kappa shape index (κ2) is 9.23. The van der Waals surface area contributed by atoms with Gasteiger partial charge in [0, 0.05) is 28.9 Å². The van der Waals surface area contributed by atoms with Gasteiger partial charge in [-0.15, -0.1) is 22.7 Å². The maximum absolute atomic E-state index is 13.0. The number of anilines is 2. The number of carbonyl (C=O) groups is 1. The van der Waals surface area contributed by atoms with Crippen molar-refractivity contribution in [1.29, 1.82) is 0 Å². The summed E-state index contributed by atoms with van der Waals surface area (Å²) in [7, 11) is 0. The quantitative estimate of drug-likeness (QED) is 0.538. The zero-order valence-electron chi connectivity index (χ0n) is 18.2. The van der Waals surface area contributed by atoms with Gasteiger partial charge in [-0.05, 0) is 53.0 Å². The Morgan fingerprint density at radius 3 is 2.71 bits per heavy atom. The van der Waals surface area contributed by atoms with Gasteiger partial charge in [-0.25, -0.2) is 19.9 Å². The van der Waals surface area contributed by atoms with Gasteiger partial charge >= 0.3 is 0 Å². The Morgan fingerprint density at radius 1 is 1.16 bits per heavy atom. The molecule has 1 aliphatic rings. The van der Waals surface area contributed by atoms with E-state index in [4.69, 9.17) is 0 Å². The summed E-state index contributed by atoms with van der Waals surface area (Å²) in [6.45, 7) is 8.62. The van der Waals surface area contributed by atoms with Gasteiger partial charge in [0.2, 0.25) is 5.91 Å². The van der Waals surface area contributed by atoms with E-state index in [1.807, 2.05) is 37.1 Å². The minimum Gasteiger partial charge on any atom is -0.331 e.